The number of piperazine rings is 1. The normalized spacial score (nSPS) is 16.5. The Kier molecular flexibility index (Phi) is 7.16. The van der Waals surface area contributed by atoms with E-state index in [1.165, 1.54) is 14.0 Å². The molecule has 2 aromatic heterocycles. The van der Waals surface area contributed by atoms with E-state index >= 15 is 0 Å². The maximum atomic E-state index is 13.3. The molecule has 0 bridgehead atoms. The van der Waals surface area contributed by atoms with Gasteiger partial charge in [0, 0.05) is 33.2 Å². The minimum atomic E-state index is -5.13. The number of carbonyl (C=O) groups excluding carboxylic acids is 1. The van der Waals surface area contributed by atoms with Crippen molar-refractivity contribution in [1.29, 1.82) is 0 Å². The van der Waals surface area contributed by atoms with Crippen LogP contribution in [-0.4, -0.2) is 70.2 Å². The number of rotatable bonds is 6. The monoisotopic (exact) mass is 469 g/mol. The van der Waals surface area contributed by atoms with Crippen molar-refractivity contribution in [3.05, 3.63) is 10.4 Å². The van der Waals surface area contributed by atoms with E-state index in [0.717, 1.165) is 0 Å². The molecule has 3 rings (SSSR count). The van der Waals surface area contributed by atoms with E-state index in [1.54, 1.807) is 14.0 Å². The molecule has 0 aliphatic carbocycles. The number of halogens is 3. The molecule has 1 saturated heterocycles. The summed E-state index contributed by atoms with van der Waals surface area (Å²) in [6.07, 6.45) is -6.41. The number of nitrogens with one attached hydrogen (secondary N) is 1. The van der Waals surface area contributed by atoms with E-state index in [2.05, 4.69) is 27.1 Å². The number of nitrogens with zero attached hydrogens (tertiary/aromatic N) is 6. The van der Waals surface area contributed by atoms with Gasteiger partial charge < -0.3 is 19.9 Å². The lowest BCUT2D eigenvalue weighted by atomic mass is 10.3. The Balaban J connectivity index is 2.17. The molecule has 0 aromatic carbocycles. The van der Waals surface area contributed by atoms with Crippen LogP contribution in [0.1, 0.15) is 20.8 Å². The van der Waals surface area contributed by atoms with Crippen LogP contribution in [0.15, 0.2) is 4.79 Å². The fourth-order valence-electron chi connectivity index (χ4n) is 3.66. The van der Waals surface area contributed by atoms with Gasteiger partial charge in [0.2, 0.25) is 11.9 Å². The van der Waals surface area contributed by atoms with Crippen LogP contribution in [0.5, 0.6) is 0 Å². The van der Waals surface area contributed by atoms with E-state index in [-0.39, 0.29) is 42.3 Å². The lowest BCUT2D eigenvalue weighted by molar-refractivity contribution is -0.205. The second kappa shape index (κ2) is 9.70. The molecule has 0 saturated carbocycles. The molecule has 13 heteroatoms. The highest BCUT2D eigenvalue weighted by Crippen LogP contribution is 2.26. The van der Waals surface area contributed by atoms with Crippen molar-refractivity contribution in [3.63, 3.8) is 0 Å². The number of hydrogen-bond donors (Lipinski definition) is 1. The highest BCUT2D eigenvalue weighted by Gasteiger charge is 2.44. The molecule has 3 heterocycles. The van der Waals surface area contributed by atoms with Gasteiger partial charge in [0.15, 0.2) is 17.4 Å². The van der Waals surface area contributed by atoms with Crippen molar-refractivity contribution < 1.29 is 22.7 Å². The van der Waals surface area contributed by atoms with Crippen LogP contribution in [0.4, 0.5) is 25.1 Å². The van der Waals surface area contributed by atoms with E-state index < -0.39 is 18.4 Å². The number of ether oxygens (including phenoxy) is 1. The summed E-state index contributed by atoms with van der Waals surface area (Å²) >= 11 is 0. The van der Waals surface area contributed by atoms with Crippen molar-refractivity contribution in [3.8, 4) is 11.8 Å². The van der Waals surface area contributed by atoms with Crippen molar-refractivity contribution in [2.24, 2.45) is 7.05 Å². The van der Waals surface area contributed by atoms with Crippen LogP contribution in [0.25, 0.3) is 11.2 Å². The number of aromatic nitrogens is 4. The van der Waals surface area contributed by atoms with Crippen LogP contribution in [0.3, 0.4) is 0 Å². The van der Waals surface area contributed by atoms with Gasteiger partial charge in [0.25, 0.3) is 5.56 Å². The van der Waals surface area contributed by atoms with Crippen LogP contribution >= 0.6 is 0 Å². The molecular formula is C20H26F3N7O3. The maximum absolute atomic E-state index is 13.3. The van der Waals surface area contributed by atoms with Gasteiger partial charge in [-0.15, -0.1) is 5.92 Å². The third-order valence-corrected chi connectivity index (χ3v) is 5.33. The zero-order valence-corrected chi connectivity index (χ0v) is 18.9. The average Bonchev–Trinajstić information content (AvgIpc) is 3.14. The van der Waals surface area contributed by atoms with Gasteiger partial charge in [0.1, 0.15) is 0 Å². The molecule has 0 radical (unpaired) electrons. The van der Waals surface area contributed by atoms with Gasteiger partial charge in [-0.05, 0) is 20.8 Å². The van der Waals surface area contributed by atoms with E-state index in [9.17, 15) is 22.8 Å². The van der Waals surface area contributed by atoms with Crippen molar-refractivity contribution in [2.45, 2.75) is 39.7 Å². The second-order valence-electron chi connectivity index (χ2n) is 7.30. The van der Waals surface area contributed by atoms with Crippen LogP contribution < -0.4 is 20.7 Å². The lowest BCUT2D eigenvalue weighted by Gasteiger charge is -2.36. The summed E-state index contributed by atoms with van der Waals surface area (Å²) in [5, 5.41) is 2.91. The van der Waals surface area contributed by atoms with Crippen LogP contribution in [0, 0.1) is 11.8 Å². The lowest BCUT2D eigenvalue weighted by Crippen LogP contribution is -2.55. The van der Waals surface area contributed by atoms with Crippen molar-refractivity contribution in [1.82, 2.24) is 24.4 Å². The third kappa shape index (κ3) is 4.75. The Morgan fingerprint density at radius 3 is 2.61 bits per heavy atom. The summed E-state index contributed by atoms with van der Waals surface area (Å²) in [7, 11) is 1.60. The smallest absolute Gasteiger partial charge is 0.433 e. The topological polar surface area (TPSA) is 97.5 Å². The SMILES string of the molecule is CC#CCn1c(N2CCNCC2OC(=O)C(F)(F)F)nc2nc(N(CC)CC)n(C)c(=O)c21. The van der Waals surface area contributed by atoms with Gasteiger partial charge in [-0.25, -0.2) is 4.79 Å². The number of fused-ring (bicyclic) bond motifs is 1. The molecule has 1 fully saturated rings. The Morgan fingerprint density at radius 2 is 2.00 bits per heavy atom. The second-order valence-corrected chi connectivity index (χ2v) is 7.30. The Bertz CT molecular complexity index is 1140. The average molecular weight is 469 g/mol. The van der Waals surface area contributed by atoms with E-state index in [4.69, 9.17) is 4.74 Å². The molecule has 0 amide bonds. The summed E-state index contributed by atoms with van der Waals surface area (Å²) in [6, 6.07) is 0. The van der Waals surface area contributed by atoms with Gasteiger partial charge in [-0.2, -0.15) is 23.1 Å². The van der Waals surface area contributed by atoms with Crippen molar-refractivity contribution in [2.75, 3.05) is 42.5 Å². The van der Waals surface area contributed by atoms with Crippen LogP contribution in [-0.2, 0) is 23.1 Å². The summed E-state index contributed by atoms with van der Waals surface area (Å²) in [4.78, 5) is 37.2. The highest BCUT2D eigenvalue weighted by atomic mass is 19.4. The zero-order valence-electron chi connectivity index (χ0n) is 18.9. The predicted octanol–water partition coefficient (Wildman–Crippen LogP) is 0.841. The fourth-order valence-corrected chi connectivity index (χ4v) is 3.66. The van der Waals surface area contributed by atoms with Gasteiger partial charge in [0.05, 0.1) is 13.1 Å². The van der Waals surface area contributed by atoms with Gasteiger partial charge in [-0.3, -0.25) is 13.9 Å². The molecule has 180 valence electrons. The Morgan fingerprint density at radius 1 is 1.30 bits per heavy atom. The summed E-state index contributed by atoms with van der Waals surface area (Å²) in [5.41, 5.74) is -0.0459. The van der Waals surface area contributed by atoms with Crippen LogP contribution in [0.2, 0.25) is 0 Å². The number of imidazole rings is 1. The first-order valence-corrected chi connectivity index (χ1v) is 10.5. The molecule has 1 unspecified atom stereocenters. The van der Waals surface area contributed by atoms with E-state index in [1.807, 2.05) is 18.7 Å². The number of carbonyl (C=O) groups is 1. The molecule has 1 aliphatic heterocycles. The number of hydrogen-bond acceptors (Lipinski definition) is 8. The maximum Gasteiger partial charge on any atom is 0.491 e. The molecule has 1 N–H and O–H groups in total. The number of esters is 1. The first kappa shape index (κ1) is 24.4. The quantitative estimate of drug-likeness (QED) is 0.491. The molecule has 33 heavy (non-hydrogen) atoms. The Hall–Kier alpha value is -3.27. The molecule has 10 nitrogen and oxygen atoms in total. The zero-order chi connectivity index (χ0) is 24.3. The highest BCUT2D eigenvalue weighted by molar-refractivity contribution is 5.77. The molecule has 1 atom stereocenters. The largest absolute Gasteiger partial charge is 0.491 e. The van der Waals surface area contributed by atoms with Gasteiger partial charge >= 0.3 is 12.1 Å². The summed E-state index contributed by atoms with van der Waals surface area (Å²) < 4.78 is 46.1. The standard InChI is InChI=1S/C20H26F3N7O3/c1-5-8-10-30-14-15(25-18(27(4)16(14)31)28(6-2)7-3)26-19(30)29-11-9-24-12-13(29)33-17(32)20(21,22)23/h13,24H,6-7,9-12H2,1-4H3. The number of alkyl halides is 3. The molecule has 0 spiro atoms. The first-order valence-electron chi connectivity index (χ1n) is 10.5. The first-order chi connectivity index (χ1) is 15.6. The Labute approximate surface area is 188 Å². The van der Waals surface area contributed by atoms with Crippen molar-refractivity contribution >= 4 is 29.0 Å². The minimum absolute atomic E-state index is 0.0411. The summed E-state index contributed by atoms with van der Waals surface area (Å²) in [5.74, 6) is 3.90. The third-order valence-electron chi connectivity index (χ3n) is 5.33. The predicted molar refractivity (Wildman–Crippen MR) is 116 cm³/mol. The molecule has 1 aliphatic rings. The molecule has 2 aromatic rings. The summed E-state index contributed by atoms with van der Waals surface area (Å²) in [6.45, 7) is 7.36. The fraction of sp³-hybridized carbons (Fsp3) is 0.600. The van der Waals surface area contributed by atoms with Gasteiger partial charge in [-0.1, -0.05) is 5.92 Å². The molecular weight excluding hydrogens is 443 g/mol. The number of anilines is 2. The van der Waals surface area contributed by atoms with E-state index in [0.29, 0.717) is 25.6 Å². The minimum Gasteiger partial charge on any atom is -0.433 e.